The van der Waals surface area contributed by atoms with Gasteiger partial charge in [0.2, 0.25) is 0 Å². The van der Waals surface area contributed by atoms with Crippen molar-refractivity contribution in [1.29, 1.82) is 0 Å². The maximum atomic E-state index is 5.71. The minimum absolute atomic E-state index is 0.493. The molecule has 2 atom stereocenters. The molecule has 1 aromatic rings. The van der Waals surface area contributed by atoms with Gasteiger partial charge < -0.3 is 10.1 Å². The van der Waals surface area contributed by atoms with Gasteiger partial charge in [-0.05, 0) is 24.8 Å². The second-order valence-electron chi connectivity index (χ2n) is 6.55. The van der Waals surface area contributed by atoms with Gasteiger partial charge in [0.05, 0.1) is 0 Å². The summed E-state index contributed by atoms with van der Waals surface area (Å²) < 4.78 is 5.71. The van der Waals surface area contributed by atoms with Gasteiger partial charge in [-0.3, -0.25) is 4.90 Å². The zero-order chi connectivity index (χ0) is 15.1. The number of hydrogen-bond acceptors (Lipinski definition) is 3. The van der Waals surface area contributed by atoms with Crippen LogP contribution < -0.4 is 5.32 Å². The van der Waals surface area contributed by atoms with Crippen LogP contribution in [0.3, 0.4) is 0 Å². The predicted octanol–water partition coefficient (Wildman–Crippen LogP) is 3.08. The Kier molecular flexibility index (Phi) is 6.68. The lowest BCUT2D eigenvalue weighted by atomic mass is 10.0. The third-order valence-corrected chi connectivity index (χ3v) is 3.98. The summed E-state index contributed by atoms with van der Waals surface area (Å²) in [7, 11) is 0. The molecule has 2 rings (SSSR count). The molecule has 1 N–H and O–H groups in total. The van der Waals surface area contributed by atoms with Crippen molar-refractivity contribution in [2.75, 3.05) is 32.8 Å². The molecule has 0 bridgehead atoms. The molecule has 118 valence electrons. The van der Waals surface area contributed by atoms with Crippen LogP contribution in [0.5, 0.6) is 0 Å². The van der Waals surface area contributed by atoms with Gasteiger partial charge in [-0.15, -0.1) is 0 Å². The normalized spacial score (nSPS) is 23.6. The summed E-state index contributed by atoms with van der Waals surface area (Å²) in [5, 5.41) is 3.60. The van der Waals surface area contributed by atoms with Crippen LogP contribution in [0, 0.1) is 5.92 Å². The fourth-order valence-electron chi connectivity index (χ4n) is 2.93. The van der Waals surface area contributed by atoms with E-state index >= 15 is 0 Å². The molecule has 1 aromatic carbocycles. The van der Waals surface area contributed by atoms with Gasteiger partial charge in [-0.2, -0.15) is 0 Å². The van der Waals surface area contributed by atoms with Crippen LogP contribution in [0.4, 0.5) is 0 Å². The quantitative estimate of drug-likeness (QED) is 0.781. The van der Waals surface area contributed by atoms with E-state index in [0.717, 1.165) is 39.3 Å². The number of nitrogens with one attached hydrogen (secondary N) is 1. The number of piperazine rings is 1. The molecule has 21 heavy (non-hydrogen) atoms. The fourth-order valence-corrected chi connectivity index (χ4v) is 2.93. The van der Waals surface area contributed by atoms with Crippen molar-refractivity contribution in [3.8, 4) is 0 Å². The Labute approximate surface area is 129 Å². The molecule has 0 amide bonds. The summed E-state index contributed by atoms with van der Waals surface area (Å²) >= 11 is 0. The average molecular weight is 290 g/mol. The molecule has 1 fully saturated rings. The second kappa shape index (κ2) is 8.52. The highest BCUT2D eigenvalue weighted by Crippen LogP contribution is 2.23. The summed E-state index contributed by atoms with van der Waals surface area (Å²) in [6.07, 6.45) is 1.11. The Bertz CT molecular complexity index is 393. The summed E-state index contributed by atoms with van der Waals surface area (Å²) in [4.78, 5) is 2.61. The van der Waals surface area contributed by atoms with Crippen LogP contribution in [0.25, 0.3) is 0 Å². The van der Waals surface area contributed by atoms with Crippen LogP contribution in [-0.4, -0.2) is 43.8 Å². The lowest BCUT2D eigenvalue weighted by Crippen LogP contribution is -2.51. The zero-order valence-corrected chi connectivity index (χ0v) is 13.7. The third kappa shape index (κ3) is 5.42. The van der Waals surface area contributed by atoms with Crippen molar-refractivity contribution in [3.05, 3.63) is 35.9 Å². The zero-order valence-electron chi connectivity index (χ0n) is 13.7. The Morgan fingerprint density at radius 3 is 2.76 bits per heavy atom. The van der Waals surface area contributed by atoms with E-state index in [1.807, 2.05) is 0 Å². The molecule has 3 nitrogen and oxygen atoms in total. The summed E-state index contributed by atoms with van der Waals surface area (Å²) in [6.45, 7) is 11.7. The largest absolute Gasteiger partial charge is 0.381 e. The first-order chi connectivity index (χ1) is 10.2. The average Bonchev–Trinajstić information content (AvgIpc) is 2.47. The van der Waals surface area contributed by atoms with Crippen LogP contribution in [0.2, 0.25) is 0 Å². The van der Waals surface area contributed by atoms with Gasteiger partial charge in [0.15, 0.2) is 0 Å². The first-order valence-corrected chi connectivity index (χ1v) is 8.27. The molecule has 0 aromatic heterocycles. The monoisotopic (exact) mass is 290 g/mol. The molecule has 0 radical (unpaired) electrons. The third-order valence-electron chi connectivity index (χ3n) is 3.98. The van der Waals surface area contributed by atoms with Crippen LogP contribution in [-0.2, 0) is 4.74 Å². The molecule has 0 spiro atoms. The summed E-state index contributed by atoms with van der Waals surface area (Å²) in [5.41, 5.74) is 1.42. The highest BCUT2D eigenvalue weighted by atomic mass is 16.5. The van der Waals surface area contributed by atoms with E-state index < -0.39 is 0 Å². The lowest BCUT2D eigenvalue weighted by molar-refractivity contribution is 0.0820. The number of ether oxygens (including phenoxy) is 1. The van der Waals surface area contributed by atoms with Gasteiger partial charge in [0.1, 0.15) is 0 Å². The minimum Gasteiger partial charge on any atom is -0.381 e. The lowest BCUT2D eigenvalue weighted by Gasteiger charge is -2.39. The SMILES string of the molecule is CC(C)COCCCN1CC(C)NCC1c1ccccc1. The first kappa shape index (κ1) is 16.5. The van der Waals surface area contributed by atoms with Crippen LogP contribution in [0.1, 0.15) is 38.8 Å². The molecule has 0 saturated carbocycles. The Hall–Kier alpha value is -0.900. The number of rotatable bonds is 7. The van der Waals surface area contributed by atoms with Crippen molar-refractivity contribution in [2.24, 2.45) is 5.92 Å². The highest BCUT2D eigenvalue weighted by molar-refractivity contribution is 5.20. The molecule has 3 heteroatoms. The number of hydrogen-bond donors (Lipinski definition) is 1. The van der Waals surface area contributed by atoms with Gasteiger partial charge in [0, 0.05) is 44.9 Å². The van der Waals surface area contributed by atoms with Crippen LogP contribution >= 0.6 is 0 Å². The molecule has 1 saturated heterocycles. The van der Waals surface area contributed by atoms with Crippen molar-refractivity contribution >= 4 is 0 Å². The molecule has 1 aliphatic heterocycles. The molecule has 1 aliphatic rings. The van der Waals surface area contributed by atoms with E-state index in [0.29, 0.717) is 18.0 Å². The fraction of sp³-hybridized carbons (Fsp3) is 0.667. The van der Waals surface area contributed by atoms with E-state index in [-0.39, 0.29) is 0 Å². The van der Waals surface area contributed by atoms with E-state index in [1.54, 1.807) is 0 Å². The van der Waals surface area contributed by atoms with Crippen molar-refractivity contribution in [3.63, 3.8) is 0 Å². The topological polar surface area (TPSA) is 24.5 Å². The van der Waals surface area contributed by atoms with Gasteiger partial charge >= 0.3 is 0 Å². The van der Waals surface area contributed by atoms with Crippen molar-refractivity contribution < 1.29 is 4.74 Å². The molecular formula is C18H30N2O. The summed E-state index contributed by atoms with van der Waals surface area (Å²) in [5.74, 6) is 0.626. The number of benzene rings is 1. The Morgan fingerprint density at radius 1 is 1.29 bits per heavy atom. The molecule has 2 unspecified atom stereocenters. The summed E-state index contributed by atoms with van der Waals surface area (Å²) in [6, 6.07) is 11.9. The van der Waals surface area contributed by atoms with E-state index in [1.165, 1.54) is 5.56 Å². The molecule has 0 aliphatic carbocycles. The maximum Gasteiger partial charge on any atom is 0.0489 e. The van der Waals surface area contributed by atoms with Gasteiger partial charge in [-0.25, -0.2) is 0 Å². The minimum atomic E-state index is 0.493. The van der Waals surface area contributed by atoms with Crippen molar-refractivity contribution in [2.45, 2.75) is 39.3 Å². The number of nitrogens with zero attached hydrogens (tertiary/aromatic N) is 1. The Morgan fingerprint density at radius 2 is 2.05 bits per heavy atom. The smallest absolute Gasteiger partial charge is 0.0489 e. The highest BCUT2D eigenvalue weighted by Gasteiger charge is 2.26. The second-order valence-corrected chi connectivity index (χ2v) is 6.55. The van der Waals surface area contributed by atoms with Crippen LogP contribution in [0.15, 0.2) is 30.3 Å². The van der Waals surface area contributed by atoms with E-state index in [4.69, 9.17) is 4.74 Å². The first-order valence-electron chi connectivity index (χ1n) is 8.27. The molecule has 1 heterocycles. The van der Waals surface area contributed by atoms with E-state index in [2.05, 4.69) is 61.3 Å². The predicted molar refractivity (Wildman–Crippen MR) is 88.5 cm³/mol. The maximum absolute atomic E-state index is 5.71. The standard InChI is InChI=1S/C18H30N2O/c1-15(2)14-21-11-7-10-20-13-16(3)19-12-18(20)17-8-5-4-6-9-17/h4-6,8-9,15-16,18-19H,7,10-14H2,1-3H3. The van der Waals surface area contributed by atoms with E-state index in [9.17, 15) is 0 Å². The van der Waals surface area contributed by atoms with Gasteiger partial charge in [-0.1, -0.05) is 44.2 Å². The molecular weight excluding hydrogens is 260 g/mol. The van der Waals surface area contributed by atoms with Gasteiger partial charge in [0.25, 0.3) is 0 Å². The Balaban J connectivity index is 1.84. The van der Waals surface area contributed by atoms with Crippen molar-refractivity contribution in [1.82, 2.24) is 10.2 Å².